The molecule has 2 aromatic heterocycles. The number of aromatic nitrogens is 3. The zero-order valence-electron chi connectivity index (χ0n) is 16.6. The Labute approximate surface area is 181 Å². The van der Waals surface area contributed by atoms with Crippen LogP contribution in [0.25, 0.3) is 16.8 Å². The average molecular weight is 468 g/mol. The fourth-order valence-electron chi connectivity index (χ4n) is 2.59. The quantitative estimate of drug-likeness (QED) is 0.546. The van der Waals surface area contributed by atoms with Gasteiger partial charge in [-0.3, -0.25) is 9.36 Å². The maximum atomic E-state index is 13.1. The molecule has 2 heterocycles. The Kier molecular flexibility index (Phi) is 6.93. The molecule has 0 fully saturated rings. The molecule has 0 saturated heterocycles. The van der Waals surface area contributed by atoms with Gasteiger partial charge in [0.25, 0.3) is 0 Å². The molecule has 12 heteroatoms. The topological polar surface area (TPSA) is 97.2 Å². The molecule has 8 nitrogen and oxygen atoms in total. The summed E-state index contributed by atoms with van der Waals surface area (Å²) in [5.41, 5.74) is 1.12. The lowest BCUT2D eigenvalue weighted by Crippen LogP contribution is -2.33. The number of alkyl halides is 2. The van der Waals surface area contributed by atoms with Crippen molar-refractivity contribution in [1.82, 2.24) is 18.8 Å². The van der Waals surface area contributed by atoms with Gasteiger partial charge in [-0.1, -0.05) is 41.7 Å². The van der Waals surface area contributed by atoms with Crippen LogP contribution in [0.1, 0.15) is 17.8 Å². The Hall–Kier alpha value is -2.96. The molecule has 3 aromatic rings. The van der Waals surface area contributed by atoms with Crippen LogP contribution < -0.4 is 5.32 Å². The number of rotatable bonds is 8. The molecule has 1 amide bonds. The van der Waals surface area contributed by atoms with Crippen LogP contribution in [0.2, 0.25) is 0 Å². The van der Waals surface area contributed by atoms with E-state index in [1.165, 1.54) is 19.3 Å². The van der Waals surface area contributed by atoms with Gasteiger partial charge >= 0.3 is 6.55 Å². The van der Waals surface area contributed by atoms with Crippen molar-refractivity contribution in [2.45, 2.75) is 13.5 Å². The summed E-state index contributed by atoms with van der Waals surface area (Å²) in [7, 11) is -2.54. The molecule has 0 radical (unpaired) electrons. The molecule has 0 atom stereocenters. The molecule has 0 aliphatic rings. The summed E-state index contributed by atoms with van der Waals surface area (Å²) in [5, 5.41) is 3.68. The molecular weight excluding hydrogens is 448 g/mol. The summed E-state index contributed by atoms with van der Waals surface area (Å²) in [6, 6.07) is 8.87. The standard InChI is InChI=1S/C19H19F2N5O3S2/c1-13-16(17-22-9-10-26(17)18(20)21)30-19(23-13)24-15(27)12-25(2)31(28,29)11-8-14-6-4-3-5-7-14/h3-11,18H,12H2,1-2H3,(H,23,24,27)/b11-8+. The van der Waals surface area contributed by atoms with Crippen LogP contribution in [-0.4, -0.2) is 46.8 Å². The molecule has 0 bridgehead atoms. The molecule has 0 aliphatic carbocycles. The third-order valence-electron chi connectivity index (χ3n) is 4.16. The van der Waals surface area contributed by atoms with Gasteiger partial charge in [0.2, 0.25) is 15.9 Å². The second kappa shape index (κ2) is 9.45. The molecule has 164 valence electrons. The van der Waals surface area contributed by atoms with Crippen molar-refractivity contribution >= 4 is 38.5 Å². The van der Waals surface area contributed by atoms with Gasteiger partial charge in [0.1, 0.15) is 0 Å². The normalized spacial score (nSPS) is 12.2. The molecule has 0 saturated carbocycles. The minimum Gasteiger partial charge on any atom is -0.301 e. The molecule has 3 rings (SSSR count). The van der Waals surface area contributed by atoms with Crippen LogP contribution >= 0.6 is 11.3 Å². The number of halogens is 2. The third-order valence-corrected chi connectivity index (χ3v) is 6.70. The number of hydrogen-bond donors (Lipinski definition) is 1. The van der Waals surface area contributed by atoms with E-state index in [0.717, 1.165) is 27.2 Å². The molecule has 1 aromatic carbocycles. The van der Waals surface area contributed by atoms with Gasteiger partial charge in [0.15, 0.2) is 11.0 Å². The molecular formula is C19H19F2N5O3S2. The van der Waals surface area contributed by atoms with Crippen molar-refractivity contribution < 1.29 is 22.0 Å². The van der Waals surface area contributed by atoms with Crippen LogP contribution in [0.5, 0.6) is 0 Å². The van der Waals surface area contributed by atoms with Crippen LogP contribution in [0, 0.1) is 6.92 Å². The first-order valence-corrected chi connectivity index (χ1v) is 11.3. The summed E-state index contributed by atoms with van der Waals surface area (Å²) < 4.78 is 52.5. The number of carbonyl (C=O) groups is 1. The Morgan fingerprint density at radius 1 is 1.32 bits per heavy atom. The van der Waals surface area contributed by atoms with Crippen molar-refractivity contribution in [3.8, 4) is 10.7 Å². The van der Waals surface area contributed by atoms with E-state index in [2.05, 4.69) is 15.3 Å². The van der Waals surface area contributed by atoms with Crippen LogP contribution in [0.15, 0.2) is 48.1 Å². The van der Waals surface area contributed by atoms with Crippen LogP contribution in [0.4, 0.5) is 13.9 Å². The van der Waals surface area contributed by atoms with E-state index in [1.54, 1.807) is 31.2 Å². The van der Waals surface area contributed by atoms with Crippen LogP contribution in [0.3, 0.4) is 0 Å². The number of nitrogens with one attached hydrogen (secondary N) is 1. The van der Waals surface area contributed by atoms with Crippen molar-refractivity contribution in [1.29, 1.82) is 0 Å². The second-order valence-electron chi connectivity index (χ2n) is 6.43. The highest BCUT2D eigenvalue weighted by molar-refractivity contribution is 7.92. The highest BCUT2D eigenvalue weighted by atomic mass is 32.2. The van der Waals surface area contributed by atoms with Gasteiger partial charge in [-0.05, 0) is 18.6 Å². The number of nitrogens with zero attached hydrogens (tertiary/aromatic N) is 4. The summed E-state index contributed by atoms with van der Waals surface area (Å²) in [5.74, 6) is -0.576. The SMILES string of the molecule is Cc1nc(NC(=O)CN(C)S(=O)(=O)/C=C/c2ccccc2)sc1-c1nccn1C(F)F. The molecule has 0 spiro atoms. The Morgan fingerprint density at radius 3 is 2.71 bits per heavy atom. The molecule has 0 aliphatic heterocycles. The number of carbonyl (C=O) groups excluding carboxylic acids is 1. The van der Waals surface area contributed by atoms with Crippen molar-refractivity contribution in [2.24, 2.45) is 0 Å². The van der Waals surface area contributed by atoms with E-state index in [4.69, 9.17) is 0 Å². The van der Waals surface area contributed by atoms with Gasteiger partial charge in [0.05, 0.1) is 17.1 Å². The zero-order chi connectivity index (χ0) is 22.6. The Morgan fingerprint density at radius 2 is 2.03 bits per heavy atom. The molecule has 1 N–H and O–H groups in total. The molecule has 31 heavy (non-hydrogen) atoms. The van der Waals surface area contributed by atoms with Gasteiger partial charge in [0, 0.05) is 24.8 Å². The highest BCUT2D eigenvalue weighted by Gasteiger charge is 2.21. The van der Waals surface area contributed by atoms with E-state index in [1.807, 2.05) is 6.07 Å². The largest absolute Gasteiger partial charge is 0.320 e. The first-order valence-electron chi connectivity index (χ1n) is 8.95. The zero-order valence-corrected chi connectivity index (χ0v) is 18.2. The van der Waals surface area contributed by atoms with E-state index < -0.39 is 29.0 Å². The summed E-state index contributed by atoms with van der Waals surface area (Å²) in [6.07, 6.45) is 3.84. The highest BCUT2D eigenvalue weighted by Crippen LogP contribution is 2.33. The smallest absolute Gasteiger partial charge is 0.301 e. The number of sulfonamides is 1. The number of anilines is 1. The van der Waals surface area contributed by atoms with Gasteiger partial charge in [-0.25, -0.2) is 18.4 Å². The maximum Gasteiger partial charge on any atom is 0.320 e. The Bertz CT molecular complexity index is 1190. The third kappa shape index (κ3) is 5.60. The maximum absolute atomic E-state index is 13.1. The van der Waals surface area contributed by atoms with Gasteiger partial charge in [-0.2, -0.15) is 13.1 Å². The summed E-state index contributed by atoms with van der Waals surface area (Å²) >= 11 is 0.978. The Balaban J connectivity index is 1.67. The van der Waals surface area contributed by atoms with E-state index >= 15 is 0 Å². The van der Waals surface area contributed by atoms with Crippen molar-refractivity contribution in [2.75, 3.05) is 18.9 Å². The number of thiazole rings is 1. The lowest BCUT2D eigenvalue weighted by atomic mass is 10.2. The monoisotopic (exact) mass is 467 g/mol. The average Bonchev–Trinajstić information content (AvgIpc) is 3.33. The number of hydrogen-bond acceptors (Lipinski definition) is 6. The summed E-state index contributed by atoms with van der Waals surface area (Å²) in [4.78, 5) is 20.8. The lowest BCUT2D eigenvalue weighted by molar-refractivity contribution is -0.116. The minimum atomic E-state index is -3.82. The minimum absolute atomic E-state index is 0.0382. The number of likely N-dealkylation sites (N-methyl/N-ethyl adjacent to an activating group) is 1. The fourth-order valence-corrected chi connectivity index (χ4v) is 4.40. The van der Waals surface area contributed by atoms with Crippen molar-refractivity contribution in [3.05, 3.63) is 59.4 Å². The van der Waals surface area contributed by atoms with E-state index in [-0.39, 0.29) is 11.0 Å². The molecule has 0 unspecified atom stereocenters. The lowest BCUT2D eigenvalue weighted by Gasteiger charge is -2.13. The summed E-state index contributed by atoms with van der Waals surface area (Å²) in [6.45, 7) is -1.60. The van der Waals surface area contributed by atoms with Crippen molar-refractivity contribution in [3.63, 3.8) is 0 Å². The van der Waals surface area contributed by atoms with E-state index in [9.17, 15) is 22.0 Å². The number of imidazole rings is 1. The van der Waals surface area contributed by atoms with Gasteiger partial charge < -0.3 is 5.32 Å². The first kappa shape index (κ1) is 22.7. The number of amides is 1. The second-order valence-corrected chi connectivity index (χ2v) is 9.36. The number of benzene rings is 1. The van der Waals surface area contributed by atoms with Gasteiger partial charge in [-0.15, -0.1) is 0 Å². The van der Waals surface area contributed by atoms with E-state index in [0.29, 0.717) is 20.7 Å². The first-order chi connectivity index (χ1) is 14.7. The number of aryl methyl sites for hydroxylation is 1. The fraction of sp³-hybridized carbons (Fsp3) is 0.211. The predicted octanol–water partition coefficient (Wildman–Crippen LogP) is 3.58. The van der Waals surface area contributed by atoms with Crippen LogP contribution in [-0.2, 0) is 14.8 Å². The predicted molar refractivity (Wildman–Crippen MR) is 115 cm³/mol.